The first-order valence-electron chi connectivity index (χ1n) is 11.1. The number of cyclic esters (lactones) is 1. The van der Waals surface area contributed by atoms with Crippen LogP contribution in [0.15, 0.2) is 0 Å². The van der Waals surface area contributed by atoms with Gasteiger partial charge in [0, 0.05) is 6.42 Å². The molecule has 1 saturated heterocycles. The predicted molar refractivity (Wildman–Crippen MR) is 107 cm³/mol. The molecular formula is C22H41NO3. The molecule has 1 fully saturated rings. The lowest BCUT2D eigenvalue weighted by atomic mass is 9.87. The summed E-state index contributed by atoms with van der Waals surface area (Å²) in [5.41, 5.74) is 5.13. The highest BCUT2D eigenvalue weighted by Crippen LogP contribution is 2.31. The zero-order chi connectivity index (χ0) is 19.0. The predicted octanol–water partition coefficient (Wildman–Crippen LogP) is 5.66. The zero-order valence-corrected chi connectivity index (χ0v) is 17.0. The van der Waals surface area contributed by atoms with E-state index in [1.807, 2.05) is 0 Å². The van der Waals surface area contributed by atoms with Crippen LogP contribution in [0.5, 0.6) is 0 Å². The molecule has 0 aromatic carbocycles. The van der Waals surface area contributed by atoms with Gasteiger partial charge in [0.25, 0.3) is 0 Å². The molecule has 0 spiro atoms. The van der Waals surface area contributed by atoms with Crippen molar-refractivity contribution in [2.75, 3.05) is 0 Å². The molecule has 4 heteroatoms. The Kier molecular flexibility index (Phi) is 13.3. The monoisotopic (exact) mass is 367 g/mol. The molecule has 0 saturated carbocycles. The minimum absolute atomic E-state index is 0.0204. The average molecular weight is 368 g/mol. The second-order valence-electron chi connectivity index (χ2n) is 7.97. The van der Waals surface area contributed by atoms with E-state index in [4.69, 9.17) is 10.5 Å². The van der Waals surface area contributed by atoms with Crippen molar-refractivity contribution in [2.24, 2.45) is 11.7 Å². The Morgan fingerprint density at radius 3 is 1.85 bits per heavy atom. The maximum Gasteiger partial charge on any atom is 0.313 e. The molecule has 1 aliphatic rings. The molecule has 2 N–H and O–H groups in total. The van der Waals surface area contributed by atoms with Crippen LogP contribution >= 0.6 is 0 Å². The summed E-state index contributed by atoms with van der Waals surface area (Å²) in [7, 11) is 0. The molecule has 0 aliphatic carbocycles. The van der Waals surface area contributed by atoms with E-state index in [1.165, 1.54) is 70.6 Å². The second kappa shape index (κ2) is 15.0. The molecule has 1 aliphatic heterocycles. The van der Waals surface area contributed by atoms with Crippen LogP contribution in [-0.2, 0) is 14.3 Å². The van der Waals surface area contributed by atoms with Crippen LogP contribution in [0.1, 0.15) is 116 Å². The molecule has 0 aromatic rings. The van der Waals surface area contributed by atoms with Crippen LogP contribution in [0.2, 0.25) is 0 Å². The molecule has 1 heterocycles. The van der Waals surface area contributed by atoms with Crippen molar-refractivity contribution in [3.8, 4) is 0 Å². The van der Waals surface area contributed by atoms with E-state index in [9.17, 15) is 9.59 Å². The summed E-state index contributed by atoms with van der Waals surface area (Å²) < 4.78 is 5.33. The van der Waals surface area contributed by atoms with Crippen LogP contribution < -0.4 is 5.73 Å². The van der Waals surface area contributed by atoms with Gasteiger partial charge in [-0.25, -0.2) is 0 Å². The van der Waals surface area contributed by atoms with Crippen molar-refractivity contribution in [3.63, 3.8) is 0 Å². The first-order chi connectivity index (χ1) is 12.6. The number of nitrogens with two attached hydrogens (primary N) is 1. The third-order valence-electron chi connectivity index (χ3n) is 5.55. The number of esters is 1. The SMILES string of the molecule is CCCCCCCCCCCCCC1OC(=O)C1CCCCCC(N)=O. The van der Waals surface area contributed by atoms with E-state index in [-0.39, 0.29) is 23.9 Å². The van der Waals surface area contributed by atoms with E-state index in [0.29, 0.717) is 6.42 Å². The van der Waals surface area contributed by atoms with Crippen LogP contribution in [0.3, 0.4) is 0 Å². The maximum atomic E-state index is 11.6. The Morgan fingerprint density at radius 1 is 0.808 bits per heavy atom. The molecular weight excluding hydrogens is 326 g/mol. The Morgan fingerprint density at radius 2 is 1.31 bits per heavy atom. The molecule has 0 aromatic heterocycles. The van der Waals surface area contributed by atoms with E-state index in [1.54, 1.807) is 0 Å². The molecule has 152 valence electrons. The summed E-state index contributed by atoms with van der Waals surface area (Å²) >= 11 is 0. The van der Waals surface area contributed by atoms with Gasteiger partial charge in [0.15, 0.2) is 0 Å². The third kappa shape index (κ3) is 10.8. The van der Waals surface area contributed by atoms with E-state index >= 15 is 0 Å². The minimum atomic E-state index is -0.234. The van der Waals surface area contributed by atoms with Crippen molar-refractivity contribution >= 4 is 11.9 Å². The lowest BCUT2D eigenvalue weighted by Gasteiger charge is -2.35. The number of primary amides is 1. The summed E-state index contributed by atoms with van der Waals surface area (Å²) in [5, 5.41) is 0. The molecule has 4 nitrogen and oxygen atoms in total. The van der Waals surface area contributed by atoms with Gasteiger partial charge in [-0.3, -0.25) is 9.59 Å². The minimum Gasteiger partial charge on any atom is -0.461 e. The first-order valence-corrected chi connectivity index (χ1v) is 11.1. The summed E-state index contributed by atoms with van der Waals surface area (Å²) in [6.07, 6.45) is 20.1. The topological polar surface area (TPSA) is 69.4 Å². The molecule has 0 bridgehead atoms. The Bertz CT molecular complexity index is 384. The van der Waals surface area contributed by atoms with Crippen molar-refractivity contribution in [1.82, 2.24) is 0 Å². The first kappa shape index (κ1) is 23.0. The van der Waals surface area contributed by atoms with Crippen molar-refractivity contribution in [2.45, 2.75) is 122 Å². The maximum absolute atomic E-state index is 11.6. The molecule has 2 atom stereocenters. The zero-order valence-electron chi connectivity index (χ0n) is 17.0. The van der Waals surface area contributed by atoms with Gasteiger partial charge in [-0.1, -0.05) is 84.0 Å². The highest BCUT2D eigenvalue weighted by atomic mass is 16.6. The largest absolute Gasteiger partial charge is 0.461 e. The van der Waals surface area contributed by atoms with E-state index < -0.39 is 0 Å². The summed E-state index contributed by atoms with van der Waals surface area (Å²) in [4.78, 5) is 22.3. The van der Waals surface area contributed by atoms with Crippen molar-refractivity contribution in [1.29, 1.82) is 0 Å². The number of carbonyl (C=O) groups is 2. The van der Waals surface area contributed by atoms with Crippen LogP contribution in [0, 0.1) is 5.92 Å². The number of unbranched alkanes of at least 4 members (excludes halogenated alkanes) is 12. The van der Waals surface area contributed by atoms with Crippen LogP contribution in [0.25, 0.3) is 0 Å². The fourth-order valence-corrected chi connectivity index (χ4v) is 3.81. The van der Waals surface area contributed by atoms with E-state index in [2.05, 4.69) is 6.92 Å². The Hall–Kier alpha value is -1.06. The normalized spacial score (nSPS) is 19.2. The van der Waals surface area contributed by atoms with Gasteiger partial charge in [-0.05, 0) is 25.7 Å². The average Bonchev–Trinajstić information content (AvgIpc) is 2.61. The Labute approximate surface area is 160 Å². The summed E-state index contributed by atoms with van der Waals surface area (Å²) in [6.45, 7) is 2.26. The number of amides is 1. The van der Waals surface area contributed by atoms with Gasteiger partial charge in [0.05, 0.1) is 5.92 Å². The van der Waals surface area contributed by atoms with Crippen LogP contribution in [-0.4, -0.2) is 18.0 Å². The van der Waals surface area contributed by atoms with E-state index in [0.717, 1.165) is 32.1 Å². The standard InChI is InChI=1S/C22H41NO3/c1-2-3-4-5-6-7-8-9-10-11-14-17-20-19(22(25)26-20)16-13-12-15-18-21(23)24/h19-20H,2-18H2,1H3,(H2,23,24). The third-order valence-corrected chi connectivity index (χ3v) is 5.55. The molecule has 0 radical (unpaired) electrons. The van der Waals surface area contributed by atoms with Gasteiger partial charge < -0.3 is 10.5 Å². The van der Waals surface area contributed by atoms with Gasteiger partial charge >= 0.3 is 5.97 Å². The lowest BCUT2D eigenvalue weighted by Crippen LogP contribution is -2.44. The molecule has 26 heavy (non-hydrogen) atoms. The second-order valence-corrected chi connectivity index (χ2v) is 7.97. The fraction of sp³-hybridized carbons (Fsp3) is 0.909. The van der Waals surface area contributed by atoms with Gasteiger partial charge in [-0.15, -0.1) is 0 Å². The number of hydrogen-bond acceptors (Lipinski definition) is 3. The highest BCUT2D eigenvalue weighted by molar-refractivity contribution is 5.78. The number of rotatable bonds is 18. The smallest absolute Gasteiger partial charge is 0.313 e. The van der Waals surface area contributed by atoms with Gasteiger partial charge in [0.1, 0.15) is 6.10 Å². The molecule has 1 rings (SSSR count). The lowest BCUT2D eigenvalue weighted by molar-refractivity contribution is -0.186. The quantitative estimate of drug-likeness (QED) is 0.251. The molecule has 2 unspecified atom stereocenters. The molecule has 1 amide bonds. The van der Waals surface area contributed by atoms with Crippen LogP contribution in [0.4, 0.5) is 0 Å². The highest BCUT2D eigenvalue weighted by Gasteiger charge is 2.40. The Balaban J connectivity index is 1.90. The number of ether oxygens (including phenoxy) is 1. The van der Waals surface area contributed by atoms with Gasteiger partial charge in [-0.2, -0.15) is 0 Å². The summed E-state index contributed by atoms with van der Waals surface area (Å²) in [6, 6.07) is 0. The van der Waals surface area contributed by atoms with Gasteiger partial charge in [0.2, 0.25) is 5.91 Å². The van der Waals surface area contributed by atoms with Crippen molar-refractivity contribution in [3.05, 3.63) is 0 Å². The number of hydrogen-bond donors (Lipinski definition) is 1. The van der Waals surface area contributed by atoms with Crippen molar-refractivity contribution < 1.29 is 14.3 Å². The fourth-order valence-electron chi connectivity index (χ4n) is 3.81. The number of carbonyl (C=O) groups excluding carboxylic acids is 2. The summed E-state index contributed by atoms with van der Waals surface area (Å²) in [5.74, 6) is -0.151.